The summed E-state index contributed by atoms with van der Waals surface area (Å²) < 4.78 is 0. The highest BCUT2D eigenvalue weighted by Gasteiger charge is 2.21. The molecule has 110 valence electrons. The van der Waals surface area contributed by atoms with Crippen molar-refractivity contribution < 1.29 is 4.79 Å². The van der Waals surface area contributed by atoms with Crippen LogP contribution in [0.15, 0.2) is 12.1 Å². The Hall–Kier alpha value is -1.62. The molecule has 5 nitrogen and oxygen atoms in total. The van der Waals surface area contributed by atoms with Crippen LogP contribution in [0.3, 0.4) is 0 Å². The maximum absolute atomic E-state index is 12.3. The van der Waals surface area contributed by atoms with E-state index in [0.717, 1.165) is 44.0 Å². The Morgan fingerprint density at radius 2 is 2.30 bits per heavy atom. The Morgan fingerprint density at radius 3 is 3.00 bits per heavy atom. The number of carbonyl (C=O) groups is 1. The van der Waals surface area contributed by atoms with Crippen molar-refractivity contribution in [3.63, 3.8) is 0 Å². The number of anilines is 1. The fourth-order valence-corrected chi connectivity index (χ4v) is 2.66. The topological polar surface area (TPSA) is 57.3 Å². The molecule has 1 amide bonds. The van der Waals surface area contributed by atoms with Gasteiger partial charge in [-0.05, 0) is 45.0 Å². The summed E-state index contributed by atoms with van der Waals surface area (Å²) in [6, 6.07) is 3.88. The van der Waals surface area contributed by atoms with Crippen LogP contribution < -0.4 is 10.6 Å². The van der Waals surface area contributed by atoms with E-state index in [1.54, 1.807) is 6.07 Å². The van der Waals surface area contributed by atoms with Gasteiger partial charge >= 0.3 is 0 Å². The van der Waals surface area contributed by atoms with Crippen molar-refractivity contribution in [2.75, 3.05) is 32.0 Å². The zero-order valence-corrected chi connectivity index (χ0v) is 12.6. The van der Waals surface area contributed by atoms with Gasteiger partial charge in [-0.15, -0.1) is 0 Å². The lowest BCUT2D eigenvalue weighted by atomic mass is 10.1. The first-order valence-corrected chi connectivity index (χ1v) is 7.32. The zero-order chi connectivity index (χ0) is 14.5. The third-order valence-electron chi connectivity index (χ3n) is 3.76. The lowest BCUT2D eigenvalue weighted by Crippen LogP contribution is -2.47. The molecule has 1 fully saturated rings. The molecular formula is C15H24N4O. The fraction of sp³-hybridized carbons (Fsp3) is 0.600. The van der Waals surface area contributed by atoms with Gasteiger partial charge in [-0.1, -0.05) is 6.92 Å². The standard InChI is InChI=1S/C15H24N4O/c1-4-19-7-5-6-13(10-19)18-15(20)12-8-11(2)17-14(9-12)16-3/h8-9,13H,4-7,10H2,1-3H3,(H,16,17)(H,18,20). The Kier molecular flexibility index (Phi) is 4.95. The van der Waals surface area contributed by atoms with Gasteiger partial charge in [0.2, 0.25) is 0 Å². The number of rotatable bonds is 4. The molecule has 0 aliphatic carbocycles. The van der Waals surface area contributed by atoms with Crippen molar-refractivity contribution in [1.29, 1.82) is 0 Å². The van der Waals surface area contributed by atoms with Gasteiger partial charge in [0, 0.05) is 30.9 Å². The van der Waals surface area contributed by atoms with E-state index in [1.165, 1.54) is 0 Å². The van der Waals surface area contributed by atoms with Crippen molar-refractivity contribution in [3.8, 4) is 0 Å². The van der Waals surface area contributed by atoms with Crippen LogP contribution in [0.25, 0.3) is 0 Å². The van der Waals surface area contributed by atoms with E-state index in [-0.39, 0.29) is 11.9 Å². The van der Waals surface area contributed by atoms with E-state index in [1.807, 2.05) is 20.0 Å². The number of aryl methyl sites for hydroxylation is 1. The Bertz CT molecular complexity index is 475. The van der Waals surface area contributed by atoms with E-state index >= 15 is 0 Å². The molecule has 0 aromatic carbocycles. The lowest BCUT2D eigenvalue weighted by molar-refractivity contribution is 0.0905. The third kappa shape index (κ3) is 3.70. The van der Waals surface area contributed by atoms with Gasteiger partial charge in [-0.25, -0.2) is 4.98 Å². The Balaban J connectivity index is 2.02. The molecule has 0 spiro atoms. The molecule has 1 atom stereocenters. The Morgan fingerprint density at radius 1 is 1.50 bits per heavy atom. The molecule has 1 aliphatic heterocycles. The van der Waals surface area contributed by atoms with Gasteiger partial charge in [0.15, 0.2) is 0 Å². The zero-order valence-electron chi connectivity index (χ0n) is 12.6. The quantitative estimate of drug-likeness (QED) is 0.878. The van der Waals surface area contributed by atoms with Crippen LogP contribution in [0.1, 0.15) is 35.8 Å². The van der Waals surface area contributed by atoms with E-state index in [2.05, 4.69) is 27.4 Å². The first kappa shape index (κ1) is 14.8. The third-order valence-corrected chi connectivity index (χ3v) is 3.76. The summed E-state index contributed by atoms with van der Waals surface area (Å²) in [5.41, 5.74) is 1.52. The van der Waals surface area contributed by atoms with E-state index < -0.39 is 0 Å². The minimum atomic E-state index is -0.00467. The molecule has 1 aliphatic rings. The van der Waals surface area contributed by atoms with Crippen molar-refractivity contribution in [2.24, 2.45) is 0 Å². The molecule has 20 heavy (non-hydrogen) atoms. The highest BCUT2D eigenvalue weighted by atomic mass is 16.1. The molecule has 0 radical (unpaired) electrons. The number of amides is 1. The molecule has 2 N–H and O–H groups in total. The first-order chi connectivity index (χ1) is 9.62. The molecule has 1 aromatic heterocycles. The number of likely N-dealkylation sites (N-methyl/N-ethyl adjacent to an activating group) is 1. The van der Waals surface area contributed by atoms with E-state index in [4.69, 9.17) is 0 Å². The molecule has 1 aromatic rings. The first-order valence-electron chi connectivity index (χ1n) is 7.32. The van der Waals surface area contributed by atoms with Crippen LogP contribution in [0.5, 0.6) is 0 Å². The predicted molar refractivity (Wildman–Crippen MR) is 81.1 cm³/mol. The highest BCUT2D eigenvalue weighted by molar-refractivity contribution is 5.95. The molecule has 0 saturated carbocycles. The minimum Gasteiger partial charge on any atom is -0.373 e. The number of aromatic nitrogens is 1. The number of pyridine rings is 1. The van der Waals surface area contributed by atoms with Crippen LogP contribution >= 0.6 is 0 Å². The van der Waals surface area contributed by atoms with Crippen LogP contribution in [-0.4, -0.2) is 48.5 Å². The normalized spacial score (nSPS) is 19.6. The summed E-state index contributed by atoms with van der Waals surface area (Å²) in [7, 11) is 1.81. The molecular weight excluding hydrogens is 252 g/mol. The summed E-state index contributed by atoms with van der Waals surface area (Å²) >= 11 is 0. The summed E-state index contributed by atoms with van der Waals surface area (Å²) in [4.78, 5) is 19.0. The number of nitrogens with zero attached hydrogens (tertiary/aromatic N) is 2. The maximum Gasteiger partial charge on any atom is 0.251 e. The van der Waals surface area contributed by atoms with Crippen molar-refractivity contribution >= 4 is 11.7 Å². The summed E-state index contributed by atoms with van der Waals surface area (Å²) in [5, 5.41) is 6.13. The molecule has 1 unspecified atom stereocenters. The fourth-order valence-electron chi connectivity index (χ4n) is 2.66. The second kappa shape index (κ2) is 6.70. The number of nitrogens with one attached hydrogen (secondary N) is 2. The van der Waals surface area contributed by atoms with Crippen molar-refractivity contribution in [3.05, 3.63) is 23.4 Å². The van der Waals surface area contributed by atoms with Crippen molar-refractivity contribution in [1.82, 2.24) is 15.2 Å². The van der Waals surface area contributed by atoms with Gasteiger partial charge in [0.1, 0.15) is 5.82 Å². The van der Waals surface area contributed by atoms with Crippen molar-refractivity contribution in [2.45, 2.75) is 32.7 Å². The maximum atomic E-state index is 12.3. The second-order valence-corrected chi connectivity index (χ2v) is 5.34. The Labute approximate surface area is 120 Å². The van der Waals surface area contributed by atoms with Crippen LogP contribution in [0.2, 0.25) is 0 Å². The van der Waals surface area contributed by atoms with Gasteiger partial charge in [0.25, 0.3) is 5.91 Å². The molecule has 1 saturated heterocycles. The average molecular weight is 276 g/mol. The molecule has 2 heterocycles. The number of piperidine rings is 1. The molecule has 2 rings (SSSR count). The summed E-state index contributed by atoms with van der Waals surface area (Å²) in [5.74, 6) is 0.726. The lowest BCUT2D eigenvalue weighted by Gasteiger charge is -2.32. The average Bonchev–Trinajstić information content (AvgIpc) is 2.46. The number of carbonyl (C=O) groups excluding carboxylic acids is 1. The predicted octanol–water partition coefficient (Wildman–Crippen LogP) is 1.65. The smallest absolute Gasteiger partial charge is 0.251 e. The largest absolute Gasteiger partial charge is 0.373 e. The van der Waals surface area contributed by atoms with Crippen LogP contribution in [-0.2, 0) is 0 Å². The number of likely N-dealkylation sites (tertiary alicyclic amines) is 1. The van der Waals surface area contributed by atoms with Crippen LogP contribution in [0.4, 0.5) is 5.82 Å². The van der Waals surface area contributed by atoms with Gasteiger partial charge < -0.3 is 15.5 Å². The SMILES string of the molecule is CCN1CCCC(NC(=O)c2cc(C)nc(NC)c2)C1. The molecule has 0 bridgehead atoms. The number of hydrogen-bond acceptors (Lipinski definition) is 4. The second-order valence-electron chi connectivity index (χ2n) is 5.34. The minimum absolute atomic E-state index is 0.00467. The summed E-state index contributed by atoms with van der Waals surface area (Å²) in [6.07, 6.45) is 2.21. The number of hydrogen-bond donors (Lipinski definition) is 2. The van der Waals surface area contributed by atoms with E-state index in [0.29, 0.717) is 5.56 Å². The van der Waals surface area contributed by atoms with Gasteiger partial charge in [-0.3, -0.25) is 4.79 Å². The highest BCUT2D eigenvalue weighted by Crippen LogP contribution is 2.13. The summed E-state index contributed by atoms with van der Waals surface area (Å²) in [6.45, 7) is 7.20. The van der Waals surface area contributed by atoms with Gasteiger partial charge in [0.05, 0.1) is 0 Å². The van der Waals surface area contributed by atoms with Gasteiger partial charge in [-0.2, -0.15) is 0 Å². The molecule has 5 heteroatoms. The monoisotopic (exact) mass is 276 g/mol. The van der Waals surface area contributed by atoms with Crippen LogP contribution in [0, 0.1) is 6.92 Å². The van der Waals surface area contributed by atoms with E-state index in [9.17, 15) is 4.79 Å².